The molecule has 1 N–H and O–H groups in total. The van der Waals surface area contributed by atoms with Gasteiger partial charge < -0.3 is 9.88 Å². The number of rotatable bonds is 11. The summed E-state index contributed by atoms with van der Waals surface area (Å²) in [6.45, 7) is 4.73. The second-order valence-corrected chi connectivity index (χ2v) is 7.34. The summed E-state index contributed by atoms with van der Waals surface area (Å²) in [5, 5.41) is 4.84. The quantitative estimate of drug-likeness (QED) is 0.395. The van der Waals surface area contributed by atoms with Gasteiger partial charge >= 0.3 is 0 Å². The minimum absolute atomic E-state index is 0.141. The van der Waals surface area contributed by atoms with E-state index in [9.17, 15) is 4.39 Å². The van der Waals surface area contributed by atoms with Crippen molar-refractivity contribution in [2.75, 3.05) is 6.54 Å². The van der Waals surface area contributed by atoms with Crippen molar-refractivity contribution in [2.24, 2.45) is 0 Å². The van der Waals surface area contributed by atoms with Gasteiger partial charge in [-0.2, -0.15) is 0 Å². The number of halogens is 1. The lowest BCUT2D eigenvalue weighted by Gasteiger charge is -2.06. The van der Waals surface area contributed by atoms with Crippen LogP contribution >= 0.6 is 0 Å². The first-order valence-electron chi connectivity index (χ1n) is 10.3. The number of benzene rings is 2. The fraction of sp³-hybridized carbons (Fsp3) is 0.417. The molecule has 3 aromatic rings. The topological polar surface area (TPSA) is 17.0 Å². The van der Waals surface area contributed by atoms with E-state index >= 15 is 0 Å². The van der Waals surface area contributed by atoms with Crippen LogP contribution in [0.4, 0.5) is 4.39 Å². The number of hydrogen-bond acceptors (Lipinski definition) is 1. The average Bonchev–Trinajstić information content (AvgIpc) is 3.03. The van der Waals surface area contributed by atoms with E-state index in [1.165, 1.54) is 55.5 Å². The molecule has 0 radical (unpaired) electrons. The number of aromatic nitrogens is 1. The average molecular weight is 367 g/mol. The van der Waals surface area contributed by atoms with Crippen LogP contribution in [0.2, 0.25) is 0 Å². The summed E-state index contributed by atoms with van der Waals surface area (Å²) in [6.07, 6.45) is 10.1. The van der Waals surface area contributed by atoms with Crippen LogP contribution in [-0.2, 0) is 13.1 Å². The molecule has 3 heteroatoms. The minimum Gasteiger partial charge on any atom is -0.343 e. The van der Waals surface area contributed by atoms with Crippen molar-refractivity contribution < 1.29 is 4.39 Å². The summed E-state index contributed by atoms with van der Waals surface area (Å²) >= 11 is 0. The minimum atomic E-state index is -0.141. The first kappa shape index (κ1) is 19.6. The highest BCUT2D eigenvalue weighted by molar-refractivity contribution is 5.84. The van der Waals surface area contributed by atoms with E-state index in [2.05, 4.69) is 41.2 Å². The van der Waals surface area contributed by atoms with Gasteiger partial charge in [-0.15, -0.1) is 0 Å². The van der Waals surface area contributed by atoms with Crippen LogP contribution in [0.15, 0.2) is 54.7 Å². The van der Waals surface area contributed by atoms with Crippen molar-refractivity contribution in [1.29, 1.82) is 0 Å². The van der Waals surface area contributed by atoms with Gasteiger partial charge in [0.25, 0.3) is 0 Å². The molecule has 0 spiro atoms. The van der Waals surface area contributed by atoms with Crippen molar-refractivity contribution in [3.63, 3.8) is 0 Å². The zero-order valence-corrected chi connectivity index (χ0v) is 16.4. The molecule has 0 saturated heterocycles. The molecule has 1 heterocycles. The molecule has 2 aromatic carbocycles. The first-order chi connectivity index (χ1) is 13.3. The van der Waals surface area contributed by atoms with E-state index in [1.54, 1.807) is 6.07 Å². The number of fused-ring (bicyclic) bond motifs is 1. The van der Waals surface area contributed by atoms with Crippen molar-refractivity contribution >= 4 is 10.9 Å². The monoisotopic (exact) mass is 366 g/mol. The van der Waals surface area contributed by atoms with E-state index in [4.69, 9.17) is 0 Å². The van der Waals surface area contributed by atoms with Gasteiger partial charge in [0.15, 0.2) is 0 Å². The molecular formula is C24H31FN2. The maximum atomic E-state index is 14.1. The summed E-state index contributed by atoms with van der Waals surface area (Å²) in [5.41, 5.74) is 3.18. The maximum Gasteiger partial charge on any atom is 0.128 e. The Morgan fingerprint density at radius 1 is 0.852 bits per heavy atom. The molecule has 0 aliphatic carbocycles. The number of para-hydroxylation sites is 1. The molecule has 3 rings (SSSR count). The van der Waals surface area contributed by atoms with Gasteiger partial charge in [-0.25, -0.2) is 4.39 Å². The smallest absolute Gasteiger partial charge is 0.128 e. The highest BCUT2D eigenvalue weighted by Gasteiger charge is 2.09. The molecule has 0 aliphatic heterocycles. The van der Waals surface area contributed by atoms with Crippen LogP contribution in [0, 0.1) is 5.82 Å². The van der Waals surface area contributed by atoms with Crippen LogP contribution < -0.4 is 5.32 Å². The van der Waals surface area contributed by atoms with Crippen molar-refractivity contribution in [1.82, 2.24) is 9.88 Å². The fourth-order valence-corrected chi connectivity index (χ4v) is 3.66. The van der Waals surface area contributed by atoms with Crippen molar-refractivity contribution in [3.8, 4) is 0 Å². The zero-order valence-electron chi connectivity index (χ0n) is 16.4. The Bertz CT molecular complexity index is 837. The van der Waals surface area contributed by atoms with E-state index in [-0.39, 0.29) is 5.82 Å². The highest BCUT2D eigenvalue weighted by Crippen LogP contribution is 2.23. The van der Waals surface area contributed by atoms with E-state index in [1.807, 2.05) is 18.2 Å². The number of nitrogens with zero attached hydrogens (tertiary/aromatic N) is 1. The molecule has 0 amide bonds. The third kappa shape index (κ3) is 5.43. The Hall–Kier alpha value is -2.13. The molecular weight excluding hydrogens is 335 g/mol. The molecule has 144 valence electrons. The Morgan fingerprint density at radius 2 is 1.59 bits per heavy atom. The second kappa shape index (κ2) is 10.3. The summed E-state index contributed by atoms with van der Waals surface area (Å²) < 4.78 is 16.2. The Kier molecular flexibility index (Phi) is 7.46. The molecule has 1 aromatic heterocycles. The Labute approximate surface area is 162 Å². The van der Waals surface area contributed by atoms with Gasteiger partial charge in [-0.05, 0) is 30.7 Å². The third-order valence-corrected chi connectivity index (χ3v) is 5.19. The summed E-state index contributed by atoms with van der Waals surface area (Å²) in [4.78, 5) is 0. The molecule has 0 atom stereocenters. The lowest BCUT2D eigenvalue weighted by atomic mass is 10.1. The fourth-order valence-electron chi connectivity index (χ4n) is 3.66. The zero-order chi connectivity index (χ0) is 18.9. The number of unbranched alkanes of at least 4 members (excludes halogenated alkanes) is 5. The highest BCUT2D eigenvalue weighted by atomic mass is 19.1. The standard InChI is InChI=1S/C24H31FN2/c1-2-3-4-5-6-11-16-26-17-21-19-27(24-15-10-8-13-22(21)24)18-20-12-7-9-14-23(20)25/h7-10,12-15,19,26H,2-6,11,16-18H2,1H3. The van der Waals surface area contributed by atoms with Crippen LogP contribution in [0.5, 0.6) is 0 Å². The Morgan fingerprint density at radius 3 is 2.44 bits per heavy atom. The largest absolute Gasteiger partial charge is 0.343 e. The maximum absolute atomic E-state index is 14.1. The summed E-state index contributed by atoms with van der Waals surface area (Å²) in [6, 6.07) is 15.4. The van der Waals surface area contributed by atoms with Crippen LogP contribution in [0.3, 0.4) is 0 Å². The summed E-state index contributed by atoms with van der Waals surface area (Å²) in [7, 11) is 0. The van der Waals surface area contributed by atoms with Crippen molar-refractivity contribution in [3.05, 3.63) is 71.7 Å². The van der Waals surface area contributed by atoms with Gasteiger partial charge in [0.05, 0.1) is 6.54 Å². The van der Waals surface area contributed by atoms with Gasteiger partial charge in [0, 0.05) is 29.2 Å². The molecule has 0 unspecified atom stereocenters. The molecule has 0 aliphatic rings. The number of nitrogens with one attached hydrogen (secondary N) is 1. The third-order valence-electron chi connectivity index (χ3n) is 5.19. The predicted molar refractivity (Wildman–Crippen MR) is 113 cm³/mol. The van der Waals surface area contributed by atoms with E-state index in [0.717, 1.165) is 24.2 Å². The predicted octanol–water partition coefficient (Wildman–Crippen LogP) is 6.28. The van der Waals surface area contributed by atoms with Crippen LogP contribution in [0.25, 0.3) is 10.9 Å². The van der Waals surface area contributed by atoms with Crippen LogP contribution in [0.1, 0.15) is 56.6 Å². The second-order valence-electron chi connectivity index (χ2n) is 7.34. The molecule has 0 bridgehead atoms. The lowest BCUT2D eigenvalue weighted by Crippen LogP contribution is -2.14. The van der Waals surface area contributed by atoms with E-state index < -0.39 is 0 Å². The van der Waals surface area contributed by atoms with Gasteiger partial charge in [-0.1, -0.05) is 75.4 Å². The molecule has 2 nitrogen and oxygen atoms in total. The molecule has 27 heavy (non-hydrogen) atoms. The molecule has 0 fully saturated rings. The lowest BCUT2D eigenvalue weighted by molar-refractivity contribution is 0.572. The van der Waals surface area contributed by atoms with Crippen molar-refractivity contribution in [2.45, 2.75) is 58.5 Å². The SMILES string of the molecule is CCCCCCCCNCc1cn(Cc2ccccc2F)c2ccccc12. The van der Waals surface area contributed by atoms with Crippen LogP contribution in [-0.4, -0.2) is 11.1 Å². The molecule has 0 saturated carbocycles. The Balaban J connectivity index is 1.60. The van der Waals surface area contributed by atoms with E-state index in [0.29, 0.717) is 6.54 Å². The van der Waals surface area contributed by atoms with Gasteiger partial charge in [0.2, 0.25) is 0 Å². The number of hydrogen-bond donors (Lipinski definition) is 1. The normalized spacial score (nSPS) is 11.3. The summed E-state index contributed by atoms with van der Waals surface area (Å²) in [5.74, 6) is -0.141. The first-order valence-corrected chi connectivity index (χ1v) is 10.3. The van der Waals surface area contributed by atoms with Gasteiger partial charge in [-0.3, -0.25) is 0 Å². The van der Waals surface area contributed by atoms with Gasteiger partial charge in [0.1, 0.15) is 5.82 Å².